The number of ether oxygens (including phenoxy) is 1. The molecule has 1 amide bonds. The molecule has 0 bridgehead atoms. The van der Waals surface area contributed by atoms with Crippen LogP contribution < -0.4 is 0 Å². The number of hydrogen-bond donors (Lipinski definition) is 0. The van der Waals surface area contributed by atoms with Crippen molar-refractivity contribution in [1.82, 2.24) is 14.7 Å². The van der Waals surface area contributed by atoms with Crippen molar-refractivity contribution in [1.29, 1.82) is 0 Å². The molecule has 0 aliphatic carbocycles. The van der Waals surface area contributed by atoms with Crippen LogP contribution in [0.5, 0.6) is 0 Å². The Morgan fingerprint density at radius 3 is 2.77 bits per heavy atom. The second kappa shape index (κ2) is 6.28. The van der Waals surface area contributed by atoms with E-state index in [1.807, 2.05) is 13.8 Å². The first-order valence-electron chi connectivity index (χ1n) is 7.19. The Kier molecular flexibility index (Phi) is 4.79. The average Bonchev–Trinajstić information content (AvgIpc) is 2.77. The lowest BCUT2D eigenvalue weighted by Gasteiger charge is -2.33. The van der Waals surface area contributed by atoms with Crippen LogP contribution in [0.2, 0.25) is 0 Å². The molecule has 0 N–H and O–H groups in total. The van der Waals surface area contributed by atoms with E-state index in [1.165, 1.54) is 9.58 Å². The van der Waals surface area contributed by atoms with Crippen LogP contribution in [0.15, 0.2) is 6.07 Å². The fourth-order valence-corrected chi connectivity index (χ4v) is 2.44. The zero-order valence-electron chi connectivity index (χ0n) is 12.9. The van der Waals surface area contributed by atoms with Gasteiger partial charge in [-0.25, -0.2) is 0 Å². The highest BCUT2D eigenvalue weighted by atomic mass is 19.4. The van der Waals surface area contributed by atoms with Crippen LogP contribution >= 0.6 is 0 Å². The number of halogens is 3. The smallest absolute Gasteiger partial charge is 0.365 e. The minimum absolute atomic E-state index is 0.118. The van der Waals surface area contributed by atoms with E-state index in [9.17, 15) is 18.0 Å². The molecule has 0 spiro atoms. The van der Waals surface area contributed by atoms with E-state index >= 15 is 0 Å². The SMILES string of the molecule is CC(C)Cc1cc(C(=O)N2CCOC(C(F)(F)F)C2)n(C)n1. The number of carbonyl (C=O) groups is 1. The van der Waals surface area contributed by atoms with Gasteiger partial charge in [-0.3, -0.25) is 9.48 Å². The minimum atomic E-state index is -4.46. The Hall–Kier alpha value is -1.57. The van der Waals surface area contributed by atoms with Crippen molar-refractivity contribution in [3.63, 3.8) is 0 Å². The van der Waals surface area contributed by atoms with E-state index in [0.717, 1.165) is 12.1 Å². The minimum Gasteiger partial charge on any atom is -0.365 e. The van der Waals surface area contributed by atoms with Gasteiger partial charge in [0.2, 0.25) is 0 Å². The summed E-state index contributed by atoms with van der Waals surface area (Å²) >= 11 is 0. The second-order valence-electron chi connectivity index (χ2n) is 5.89. The number of aryl methyl sites for hydroxylation is 1. The van der Waals surface area contributed by atoms with Gasteiger partial charge in [-0.2, -0.15) is 18.3 Å². The Balaban J connectivity index is 2.12. The fourth-order valence-electron chi connectivity index (χ4n) is 2.44. The van der Waals surface area contributed by atoms with Crippen molar-refractivity contribution in [3.05, 3.63) is 17.5 Å². The third-order valence-electron chi connectivity index (χ3n) is 3.49. The number of alkyl halides is 3. The van der Waals surface area contributed by atoms with Gasteiger partial charge < -0.3 is 9.64 Å². The van der Waals surface area contributed by atoms with Crippen LogP contribution in [-0.4, -0.2) is 52.6 Å². The zero-order valence-corrected chi connectivity index (χ0v) is 12.9. The molecule has 1 aliphatic heterocycles. The van der Waals surface area contributed by atoms with Crippen LogP contribution in [-0.2, 0) is 18.2 Å². The molecule has 5 nitrogen and oxygen atoms in total. The summed E-state index contributed by atoms with van der Waals surface area (Å²) in [5.74, 6) is -0.0570. The van der Waals surface area contributed by atoms with Crippen LogP contribution in [0.25, 0.3) is 0 Å². The maximum atomic E-state index is 12.7. The van der Waals surface area contributed by atoms with Crippen molar-refractivity contribution >= 4 is 5.91 Å². The molecule has 8 heteroatoms. The molecule has 22 heavy (non-hydrogen) atoms. The molecule has 1 saturated heterocycles. The van der Waals surface area contributed by atoms with Gasteiger partial charge in [0.25, 0.3) is 5.91 Å². The number of nitrogens with zero attached hydrogens (tertiary/aromatic N) is 3. The Labute approximate surface area is 127 Å². The highest BCUT2D eigenvalue weighted by molar-refractivity contribution is 5.92. The molecule has 0 saturated carbocycles. The average molecular weight is 319 g/mol. The molecular weight excluding hydrogens is 299 g/mol. The van der Waals surface area contributed by atoms with E-state index in [0.29, 0.717) is 11.6 Å². The number of rotatable bonds is 3. The van der Waals surface area contributed by atoms with Gasteiger partial charge in [0, 0.05) is 13.6 Å². The molecule has 1 aromatic rings. The van der Waals surface area contributed by atoms with E-state index in [4.69, 9.17) is 4.74 Å². The van der Waals surface area contributed by atoms with Gasteiger partial charge in [-0.05, 0) is 18.4 Å². The van der Waals surface area contributed by atoms with Crippen molar-refractivity contribution < 1.29 is 22.7 Å². The van der Waals surface area contributed by atoms with Crippen LogP contribution in [0, 0.1) is 5.92 Å². The maximum Gasteiger partial charge on any atom is 0.416 e. The molecule has 0 radical (unpaired) electrons. The Morgan fingerprint density at radius 2 is 2.18 bits per heavy atom. The standard InChI is InChI=1S/C14H20F3N3O2/c1-9(2)6-10-7-11(19(3)18-10)13(21)20-4-5-22-12(8-20)14(15,16)17/h7,9,12H,4-6,8H2,1-3H3. The van der Waals surface area contributed by atoms with Crippen LogP contribution in [0.1, 0.15) is 30.0 Å². The Bertz CT molecular complexity index is 540. The first-order chi connectivity index (χ1) is 10.2. The van der Waals surface area contributed by atoms with E-state index in [-0.39, 0.29) is 13.2 Å². The predicted octanol–water partition coefficient (Wildman–Crippen LogP) is 2.02. The number of aromatic nitrogens is 2. The molecule has 2 heterocycles. The quantitative estimate of drug-likeness (QED) is 0.856. The molecule has 1 atom stereocenters. The number of carbonyl (C=O) groups excluding carboxylic acids is 1. The lowest BCUT2D eigenvalue weighted by Crippen LogP contribution is -2.51. The summed E-state index contributed by atoms with van der Waals surface area (Å²) in [6, 6.07) is 1.65. The molecule has 1 unspecified atom stereocenters. The van der Waals surface area contributed by atoms with Gasteiger partial charge in [0.05, 0.1) is 18.8 Å². The Morgan fingerprint density at radius 1 is 1.50 bits per heavy atom. The fraction of sp³-hybridized carbons (Fsp3) is 0.714. The molecule has 0 aromatic carbocycles. The number of morpholine rings is 1. The summed E-state index contributed by atoms with van der Waals surface area (Å²) in [4.78, 5) is 13.6. The molecule has 1 aromatic heterocycles. The predicted molar refractivity (Wildman–Crippen MR) is 73.4 cm³/mol. The summed E-state index contributed by atoms with van der Waals surface area (Å²) in [6.07, 6.45) is -5.67. The summed E-state index contributed by atoms with van der Waals surface area (Å²) in [7, 11) is 1.62. The molecule has 2 rings (SSSR count). The van der Waals surface area contributed by atoms with Gasteiger partial charge >= 0.3 is 6.18 Å². The van der Waals surface area contributed by atoms with Crippen molar-refractivity contribution in [2.24, 2.45) is 13.0 Å². The van der Waals surface area contributed by atoms with Crippen LogP contribution in [0.4, 0.5) is 13.2 Å². The van der Waals surface area contributed by atoms with Crippen LogP contribution in [0.3, 0.4) is 0 Å². The molecule has 1 fully saturated rings. The second-order valence-corrected chi connectivity index (χ2v) is 5.89. The lowest BCUT2D eigenvalue weighted by molar-refractivity contribution is -0.233. The van der Waals surface area contributed by atoms with E-state index in [2.05, 4.69) is 5.10 Å². The molecular formula is C14H20F3N3O2. The molecule has 124 valence electrons. The highest BCUT2D eigenvalue weighted by Gasteiger charge is 2.44. The summed E-state index contributed by atoms with van der Waals surface area (Å²) in [6.45, 7) is 3.62. The van der Waals surface area contributed by atoms with Gasteiger partial charge in [0.15, 0.2) is 6.10 Å². The van der Waals surface area contributed by atoms with Gasteiger partial charge in [-0.1, -0.05) is 13.8 Å². The summed E-state index contributed by atoms with van der Waals surface area (Å²) < 4.78 is 44.3. The van der Waals surface area contributed by atoms with Crippen molar-refractivity contribution in [2.45, 2.75) is 32.5 Å². The van der Waals surface area contributed by atoms with Gasteiger partial charge in [-0.15, -0.1) is 0 Å². The summed E-state index contributed by atoms with van der Waals surface area (Å²) in [5.41, 5.74) is 1.07. The largest absolute Gasteiger partial charge is 0.416 e. The van der Waals surface area contributed by atoms with Crippen molar-refractivity contribution in [2.75, 3.05) is 19.7 Å². The normalized spacial score (nSPS) is 19.8. The number of hydrogen-bond acceptors (Lipinski definition) is 3. The van der Waals surface area contributed by atoms with Crippen molar-refractivity contribution in [3.8, 4) is 0 Å². The third-order valence-corrected chi connectivity index (χ3v) is 3.49. The summed E-state index contributed by atoms with van der Waals surface area (Å²) in [5, 5.41) is 4.25. The lowest BCUT2D eigenvalue weighted by atomic mass is 10.1. The maximum absolute atomic E-state index is 12.7. The molecule has 1 aliphatic rings. The first kappa shape index (κ1) is 16.8. The monoisotopic (exact) mass is 319 g/mol. The van der Waals surface area contributed by atoms with E-state index in [1.54, 1.807) is 13.1 Å². The highest BCUT2D eigenvalue weighted by Crippen LogP contribution is 2.26. The zero-order chi connectivity index (χ0) is 16.5. The topological polar surface area (TPSA) is 47.4 Å². The van der Waals surface area contributed by atoms with Gasteiger partial charge in [0.1, 0.15) is 5.69 Å². The first-order valence-corrected chi connectivity index (χ1v) is 7.19. The third kappa shape index (κ3) is 3.79. The number of amides is 1. The van der Waals surface area contributed by atoms with E-state index < -0.39 is 24.7 Å².